The van der Waals surface area contributed by atoms with Gasteiger partial charge in [-0.1, -0.05) is 60.2 Å². The molecule has 2 N–H and O–H groups in total. The molecule has 126 valence electrons. The van der Waals surface area contributed by atoms with E-state index in [-0.39, 0.29) is 31.1 Å². The first kappa shape index (κ1) is 17.9. The number of benzene rings is 2. The van der Waals surface area contributed by atoms with Crippen LogP contribution in [-0.2, 0) is 11.2 Å². The molecule has 0 heterocycles. The number of carbonyl (C=O) groups excluding carboxylic acids is 2. The quantitative estimate of drug-likeness (QED) is 0.733. The molecule has 0 saturated heterocycles. The monoisotopic (exact) mass is 325 g/mol. The lowest BCUT2D eigenvalue weighted by Crippen LogP contribution is -2.33. The normalized spacial score (nSPS) is 11.8. The molecule has 2 aromatic rings. The van der Waals surface area contributed by atoms with Gasteiger partial charge < -0.3 is 10.4 Å². The Morgan fingerprint density at radius 3 is 2.33 bits per heavy atom. The fraction of sp³-hybridized carbons (Fsp3) is 0.300. The van der Waals surface area contributed by atoms with Gasteiger partial charge in [-0.3, -0.25) is 9.59 Å². The lowest BCUT2D eigenvalue weighted by atomic mass is 10.0. The third-order valence-corrected chi connectivity index (χ3v) is 3.80. The molecule has 0 aliphatic rings. The number of rotatable bonds is 8. The lowest BCUT2D eigenvalue weighted by molar-refractivity contribution is -0.121. The van der Waals surface area contributed by atoms with Crippen LogP contribution in [0, 0.1) is 6.92 Å². The van der Waals surface area contributed by atoms with E-state index in [9.17, 15) is 14.7 Å². The van der Waals surface area contributed by atoms with Gasteiger partial charge in [0.05, 0.1) is 6.10 Å². The van der Waals surface area contributed by atoms with E-state index in [0.717, 1.165) is 11.1 Å². The Labute approximate surface area is 142 Å². The Kier molecular flexibility index (Phi) is 6.70. The van der Waals surface area contributed by atoms with Gasteiger partial charge in [-0.25, -0.2) is 0 Å². The fourth-order valence-corrected chi connectivity index (χ4v) is 2.39. The van der Waals surface area contributed by atoms with Crippen LogP contribution in [0.1, 0.15) is 34.3 Å². The number of Topliss-reactive ketones (excluding diaryl/α,β-unsaturated/α-hetero) is 1. The molecule has 0 aliphatic heterocycles. The average molecular weight is 325 g/mol. The summed E-state index contributed by atoms with van der Waals surface area (Å²) in [5, 5.41) is 12.6. The lowest BCUT2D eigenvalue weighted by Gasteiger charge is -2.12. The molecule has 4 nitrogen and oxygen atoms in total. The topological polar surface area (TPSA) is 66.4 Å². The minimum atomic E-state index is -0.635. The van der Waals surface area contributed by atoms with Crippen molar-refractivity contribution in [1.82, 2.24) is 5.32 Å². The third-order valence-electron chi connectivity index (χ3n) is 3.80. The van der Waals surface area contributed by atoms with Crippen LogP contribution in [-0.4, -0.2) is 29.4 Å². The highest BCUT2D eigenvalue weighted by Crippen LogP contribution is 2.08. The molecule has 0 aliphatic carbocycles. The van der Waals surface area contributed by atoms with Crippen LogP contribution in [0.25, 0.3) is 0 Å². The van der Waals surface area contributed by atoms with Crippen LogP contribution in [0.5, 0.6) is 0 Å². The molecule has 2 rings (SSSR count). The van der Waals surface area contributed by atoms with Crippen molar-refractivity contribution >= 4 is 11.7 Å². The number of carbonyl (C=O) groups is 2. The third kappa shape index (κ3) is 5.97. The van der Waals surface area contributed by atoms with E-state index in [1.54, 1.807) is 12.1 Å². The minimum Gasteiger partial charge on any atom is -0.391 e. The number of amides is 1. The van der Waals surface area contributed by atoms with Crippen LogP contribution in [0.3, 0.4) is 0 Å². The van der Waals surface area contributed by atoms with Gasteiger partial charge in [-0.15, -0.1) is 0 Å². The Morgan fingerprint density at radius 2 is 1.67 bits per heavy atom. The standard InChI is InChI=1S/C20H23NO3/c1-15-7-9-17(10-8-15)19(23)11-12-20(24)21-14-18(22)13-16-5-3-2-4-6-16/h2-10,18,22H,11-14H2,1H3,(H,21,24). The number of aliphatic hydroxyl groups excluding tert-OH is 1. The zero-order valence-electron chi connectivity index (χ0n) is 13.9. The molecule has 4 heteroatoms. The van der Waals surface area contributed by atoms with Crippen LogP contribution in [0.4, 0.5) is 0 Å². The van der Waals surface area contributed by atoms with E-state index < -0.39 is 6.10 Å². The Bertz CT molecular complexity index is 665. The van der Waals surface area contributed by atoms with Crippen LogP contribution < -0.4 is 5.32 Å². The molecule has 0 saturated carbocycles. The van der Waals surface area contributed by atoms with Gasteiger partial charge in [0.15, 0.2) is 5.78 Å². The molecule has 0 bridgehead atoms. The number of ketones is 1. The summed E-state index contributed by atoms with van der Waals surface area (Å²) in [6, 6.07) is 16.9. The van der Waals surface area contributed by atoms with Crippen LogP contribution in [0.15, 0.2) is 54.6 Å². The van der Waals surface area contributed by atoms with Crippen molar-refractivity contribution in [2.45, 2.75) is 32.3 Å². The average Bonchev–Trinajstić information content (AvgIpc) is 2.59. The second-order valence-corrected chi connectivity index (χ2v) is 5.94. The zero-order chi connectivity index (χ0) is 17.4. The number of aryl methyl sites for hydroxylation is 1. The summed E-state index contributed by atoms with van der Waals surface area (Å²) in [7, 11) is 0. The molecule has 1 atom stereocenters. The van der Waals surface area contributed by atoms with Crippen molar-refractivity contribution in [2.75, 3.05) is 6.54 Å². The van der Waals surface area contributed by atoms with Gasteiger partial charge in [0.2, 0.25) is 5.91 Å². The summed E-state index contributed by atoms with van der Waals surface area (Å²) in [6.45, 7) is 2.15. The predicted octanol–water partition coefficient (Wildman–Crippen LogP) is 2.68. The molecule has 1 unspecified atom stereocenters. The maximum atomic E-state index is 12.0. The highest BCUT2D eigenvalue weighted by molar-refractivity contribution is 5.97. The van der Waals surface area contributed by atoms with Crippen molar-refractivity contribution in [1.29, 1.82) is 0 Å². The summed E-state index contributed by atoms with van der Waals surface area (Å²) in [6.07, 6.45) is 0.154. The van der Waals surface area contributed by atoms with Crippen molar-refractivity contribution in [2.24, 2.45) is 0 Å². The first-order valence-electron chi connectivity index (χ1n) is 8.13. The summed E-state index contributed by atoms with van der Waals surface area (Å²) in [5.74, 6) is -0.266. The van der Waals surface area contributed by atoms with Crippen molar-refractivity contribution in [3.63, 3.8) is 0 Å². The molecule has 24 heavy (non-hydrogen) atoms. The zero-order valence-corrected chi connectivity index (χ0v) is 13.9. The van der Waals surface area contributed by atoms with E-state index in [2.05, 4.69) is 5.32 Å². The second kappa shape index (κ2) is 8.99. The van der Waals surface area contributed by atoms with Crippen molar-refractivity contribution in [3.05, 3.63) is 71.3 Å². The van der Waals surface area contributed by atoms with Gasteiger partial charge in [-0.2, -0.15) is 0 Å². The number of hydrogen-bond donors (Lipinski definition) is 2. The predicted molar refractivity (Wildman–Crippen MR) is 93.9 cm³/mol. The highest BCUT2D eigenvalue weighted by atomic mass is 16.3. The van der Waals surface area contributed by atoms with E-state index in [4.69, 9.17) is 0 Å². The molecule has 2 aromatic carbocycles. The largest absolute Gasteiger partial charge is 0.391 e. The van der Waals surface area contributed by atoms with Gasteiger partial charge >= 0.3 is 0 Å². The van der Waals surface area contributed by atoms with Gasteiger partial charge in [0, 0.05) is 31.4 Å². The molecular formula is C20H23NO3. The summed E-state index contributed by atoms with van der Waals surface area (Å²) < 4.78 is 0. The maximum absolute atomic E-state index is 12.0. The van der Waals surface area contributed by atoms with E-state index in [1.807, 2.05) is 49.4 Å². The Hall–Kier alpha value is -2.46. The van der Waals surface area contributed by atoms with Crippen molar-refractivity contribution in [3.8, 4) is 0 Å². The smallest absolute Gasteiger partial charge is 0.220 e. The summed E-state index contributed by atoms with van der Waals surface area (Å²) in [4.78, 5) is 23.8. The SMILES string of the molecule is Cc1ccc(C(=O)CCC(=O)NCC(O)Cc2ccccc2)cc1. The molecule has 0 fully saturated rings. The Morgan fingerprint density at radius 1 is 1.00 bits per heavy atom. The molecule has 0 aromatic heterocycles. The van der Waals surface area contributed by atoms with Crippen LogP contribution >= 0.6 is 0 Å². The first-order chi connectivity index (χ1) is 11.5. The van der Waals surface area contributed by atoms with Gasteiger partial charge in [-0.05, 0) is 12.5 Å². The van der Waals surface area contributed by atoms with Gasteiger partial charge in [0.1, 0.15) is 0 Å². The highest BCUT2D eigenvalue weighted by Gasteiger charge is 2.11. The maximum Gasteiger partial charge on any atom is 0.220 e. The summed E-state index contributed by atoms with van der Waals surface area (Å²) in [5.41, 5.74) is 2.74. The molecule has 0 spiro atoms. The van der Waals surface area contributed by atoms with E-state index >= 15 is 0 Å². The van der Waals surface area contributed by atoms with E-state index in [1.165, 1.54) is 0 Å². The molecule has 0 radical (unpaired) electrons. The Balaban J connectivity index is 1.69. The van der Waals surface area contributed by atoms with Crippen LogP contribution in [0.2, 0.25) is 0 Å². The van der Waals surface area contributed by atoms with Crippen molar-refractivity contribution < 1.29 is 14.7 Å². The fourth-order valence-electron chi connectivity index (χ4n) is 2.39. The summed E-state index contributed by atoms with van der Waals surface area (Å²) >= 11 is 0. The van der Waals surface area contributed by atoms with E-state index in [0.29, 0.717) is 12.0 Å². The number of aliphatic hydroxyl groups is 1. The number of hydrogen-bond acceptors (Lipinski definition) is 3. The molecule has 1 amide bonds. The minimum absolute atomic E-state index is 0.0463. The second-order valence-electron chi connectivity index (χ2n) is 5.94. The molecular weight excluding hydrogens is 302 g/mol. The first-order valence-corrected chi connectivity index (χ1v) is 8.13. The number of nitrogens with one attached hydrogen (secondary N) is 1. The van der Waals surface area contributed by atoms with Gasteiger partial charge in [0.25, 0.3) is 0 Å².